The van der Waals surface area contributed by atoms with E-state index in [0.717, 1.165) is 0 Å². The summed E-state index contributed by atoms with van der Waals surface area (Å²) in [7, 11) is -2.83. The van der Waals surface area contributed by atoms with Crippen molar-refractivity contribution in [1.82, 2.24) is 14.7 Å². The maximum atomic E-state index is 14.9. The van der Waals surface area contributed by atoms with Crippen LogP contribution in [0.25, 0.3) is 11.0 Å². The van der Waals surface area contributed by atoms with E-state index in [0.29, 0.717) is 17.4 Å². The van der Waals surface area contributed by atoms with Gasteiger partial charge in [-0.15, -0.1) is 0 Å². The number of aliphatic hydroxyl groups is 1. The zero-order valence-corrected chi connectivity index (χ0v) is 17.5. The topological polar surface area (TPSA) is 121 Å². The highest BCUT2D eigenvalue weighted by Crippen LogP contribution is 2.25. The zero-order valence-electron chi connectivity index (χ0n) is 16.6. The lowest BCUT2D eigenvalue weighted by atomic mass is 9.97. The van der Waals surface area contributed by atoms with Crippen LogP contribution in [0.15, 0.2) is 30.5 Å². The Morgan fingerprint density at radius 3 is 2.56 bits per heavy atom. The monoisotopic (exact) mass is 468 g/mol. The van der Waals surface area contributed by atoms with Gasteiger partial charge in [-0.3, -0.25) is 9.78 Å². The van der Waals surface area contributed by atoms with Crippen molar-refractivity contribution >= 4 is 33.5 Å². The van der Waals surface area contributed by atoms with E-state index in [1.807, 2.05) is 0 Å². The minimum atomic E-state index is -2.83. The van der Waals surface area contributed by atoms with Gasteiger partial charge in [-0.25, -0.2) is 31.3 Å². The highest BCUT2D eigenvalue weighted by Gasteiger charge is 2.25. The molecule has 0 spiro atoms. The maximum Gasteiger partial charge on any atom is 0.201 e. The molecule has 3 N–H and O–H groups in total. The first-order valence-electron chi connectivity index (χ1n) is 9.52. The number of fused-ring (bicyclic) bond motifs is 1. The van der Waals surface area contributed by atoms with E-state index in [4.69, 9.17) is 5.11 Å². The molecule has 32 heavy (non-hydrogen) atoms. The van der Waals surface area contributed by atoms with Crippen LogP contribution in [0.3, 0.4) is 0 Å². The molecule has 1 aromatic heterocycles. The standard InChI is InChI=1S/C20H19F3N4O4S/c21-13-8-11(2-1-5-26-32(30)31)18(22)17(19(13)23)20(29)12-3-4-14-15(9-12)27-16(10-25-14)24-6-7-28/h3-4,8-10,28,32H,1-2,5-7H2,(H,24,27)(H,26,30,31). The van der Waals surface area contributed by atoms with Crippen molar-refractivity contribution in [3.8, 4) is 0 Å². The minimum absolute atomic E-state index is 0.0174. The van der Waals surface area contributed by atoms with Crippen LogP contribution in [0.1, 0.15) is 27.9 Å². The van der Waals surface area contributed by atoms with Gasteiger partial charge < -0.3 is 10.4 Å². The second kappa shape index (κ2) is 10.5. The molecule has 0 bridgehead atoms. The summed E-state index contributed by atoms with van der Waals surface area (Å²) in [6.07, 6.45) is 1.44. The van der Waals surface area contributed by atoms with E-state index in [1.165, 1.54) is 24.4 Å². The Hall–Kier alpha value is -3.09. The fraction of sp³-hybridized carbons (Fsp3) is 0.250. The van der Waals surface area contributed by atoms with E-state index in [1.54, 1.807) is 0 Å². The van der Waals surface area contributed by atoms with Crippen molar-refractivity contribution in [2.75, 3.05) is 25.0 Å². The van der Waals surface area contributed by atoms with Crippen molar-refractivity contribution in [2.45, 2.75) is 12.8 Å². The van der Waals surface area contributed by atoms with Crippen LogP contribution in [0.4, 0.5) is 19.0 Å². The Kier molecular flexibility index (Phi) is 7.72. The van der Waals surface area contributed by atoms with Gasteiger partial charge in [-0.2, -0.15) is 0 Å². The molecule has 8 nitrogen and oxygen atoms in total. The number of ketones is 1. The largest absolute Gasteiger partial charge is 0.395 e. The lowest BCUT2D eigenvalue weighted by molar-refractivity contribution is 0.102. The molecule has 0 amide bonds. The number of hydrogen-bond donors (Lipinski definition) is 4. The van der Waals surface area contributed by atoms with Gasteiger partial charge >= 0.3 is 0 Å². The molecule has 1 heterocycles. The molecule has 0 aliphatic rings. The number of benzene rings is 2. The highest BCUT2D eigenvalue weighted by atomic mass is 32.2. The average molecular weight is 468 g/mol. The second-order valence-electron chi connectivity index (χ2n) is 6.73. The summed E-state index contributed by atoms with van der Waals surface area (Å²) in [6, 6.07) is 4.69. The number of aliphatic hydroxyl groups excluding tert-OH is 1. The Morgan fingerprint density at radius 1 is 1.06 bits per heavy atom. The number of hydrogen-bond acceptors (Lipinski definition) is 7. The van der Waals surface area contributed by atoms with E-state index in [9.17, 15) is 26.4 Å². The molecule has 0 saturated heterocycles. The SMILES string of the molecule is O=C(c1ccc2ncc(NCCO)nc2c1)c1c(F)c(F)cc(CCCN[SH](=O)=O)c1F. The summed E-state index contributed by atoms with van der Waals surface area (Å²) in [5, 5.41) is 11.7. The number of thiol groups is 1. The van der Waals surface area contributed by atoms with Crippen molar-refractivity contribution < 1.29 is 31.5 Å². The fourth-order valence-electron chi connectivity index (χ4n) is 3.05. The summed E-state index contributed by atoms with van der Waals surface area (Å²) in [4.78, 5) is 21.3. The number of halogens is 3. The van der Waals surface area contributed by atoms with Crippen LogP contribution in [-0.4, -0.2) is 49.0 Å². The summed E-state index contributed by atoms with van der Waals surface area (Å²) in [5.74, 6) is -4.94. The van der Waals surface area contributed by atoms with Gasteiger partial charge in [0.25, 0.3) is 0 Å². The number of rotatable bonds is 10. The van der Waals surface area contributed by atoms with Gasteiger partial charge in [0.2, 0.25) is 10.9 Å². The van der Waals surface area contributed by atoms with Gasteiger partial charge in [-0.05, 0) is 42.7 Å². The summed E-state index contributed by atoms with van der Waals surface area (Å²) in [5.41, 5.74) is -0.725. The van der Waals surface area contributed by atoms with Crippen molar-refractivity contribution in [3.63, 3.8) is 0 Å². The normalized spacial score (nSPS) is 11.3. The van der Waals surface area contributed by atoms with Gasteiger partial charge in [-0.1, -0.05) is 0 Å². The molecule has 0 radical (unpaired) electrons. The Bertz CT molecular complexity index is 1230. The van der Waals surface area contributed by atoms with E-state index in [-0.39, 0.29) is 49.2 Å². The smallest absolute Gasteiger partial charge is 0.201 e. The average Bonchev–Trinajstić information content (AvgIpc) is 2.77. The Labute approximate surface area is 182 Å². The predicted molar refractivity (Wildman–Crippen MR) is 112 cm³/mol. The molecule has 0 saturated carbocycles. The minimum Gasteiger partial charge on any atom is -0.395 e. The van der Waals surface area contributed by atoms with Gasteiger partial charge in [0, 0.05) is 18.7 Å². The first-order valence-corrected chi connectivity index (χ1v) is 10.7. The maximum absolute atomic E-state index is 14.9. The first kappa shape index (κ1) is 23.6. The van der Waals surface area contributed by atoms with Gasteiger partial charge in [0.15, 0.2) is 17.4 Å². The number of nitrogens with one attached hydrogen (secondary N) is 2. The zero-order chi connectivity index (χ0) is 23.3. The summed E-state index contributed by atoms with van der Waals surface area (Å²) >= 11 is 0. The first-order chi connectivity index (χ1) is 15.3. The second-order valence-corrected chi connectivity index (χ2v) is 7.56. The quantitative estimate of drug-likeness (QED) is 0.155. The van der Waals surface area contributed by atoms with Gasteiger partial charge in [0.1, 0.15) is 11.6 Å². The number of anilines is 1. The summed E-state index contributed by atoms with van der Waals surface area (Å²) < 4.78 is 66.6. The van der Waals surface area contributed by atoms with E-state index in [2.05, 4.69) is 20.0 Å². The van der Waals surface area contributed by atoms with Crippen LogP contribution < -0.4 is 10.0 Å². The highest BCUT2D eigenvalue weighted by molar-refractivity contribution is 7.70. The molecular formula is C20H19F3N4O4S. The molecule has 2 aromatic carbocycles. The Morgan fingerprint density at radius 2 is 1.84 bits per heavy atom. The van der Waals surface area contributed by atoms with Crippen LogP contribution in [0.5, 0.6) is 0 Å². The molecule has 0 fully saturated rings. The molecule has 0 atom stereocenters. The molecular weight excluding hydrogens is 449 g/mol. The number of aromatic nitrogens is 2. The molecule has 12 heteroatoms. The van der Waals surface area contributed by atoms with Crippen LogP contribution in [0, 0.1) is 17.5 Å². The molecule has 3 rings (SSSR count). The molecule has 0 aliphatic heterocycles. The molecule has 0 unspecified atom stereocenters. The lowest BCUT2D eigenvalue weighted by Crippen LogP contribution is -2.15. The van der Waals surface area contributed by atoms with Crippen molar-refractivity contribution in [2.24, 2.45) is 0 Å². The predicted octanol–water partition coefficient (Wildman–Crippen LogP) is 1.73. The molecule has 170 valence electrons. The van der Waals surface area contributed by atoms with Crippen molar-refractivity contribution in [1.29, 1.82) is 0 Å². The fourth-order valence-corrected chi connectivity index (χ4v) is 3.39. The lowest BCUT2D eigenvalue weighted by Gasteiger charge is -2.11. The number of aryl methyl sites for hydroxylation is 1. The third-order valence-electron chi connectivity index (χ3n) is 4.54. The third kappa shape index (κ3) is 5.39. The van der Waals surface area contributed by atoms with Crippen LogP contribution >= 0.6 is 0 Å². The van der Waals surface area contributed by atoms with Crippen molar-refractivity contribution in [3.05, 3.63) is 64.6 Å². The van der Waals surface area contributed by atoms with Crippen LogP contribution in [-0.2, 0) is 17.3 Å². The molecule has 0 aliphatic carbocycles. The van der Waals surface area contributed by atoms with E-state index < -0.39 is 39.7 Å². The number of carbonyl (C=O) groups is 1. The van der Waals surface area contributed by atoms with Crippen LogP contribution in [0.2, 0.25) is 0 Å². The molecule has 3 aromatic rings. The number of nitrogens with zero attached hydrogens (tertiary/aromatic N) is 2. The summed E-state index contributed by atoms with van der Waals surface area (Å²) in [6.45, 7) is 0.0720. The van der Waals surface area contributed by atoms with Gasteiger partial charge in [0.05, 0.1) is 29.4 Å². The number of carbonyl (C=O) groups excluding carboxylic acids is 1. The third-order valence-corrected chi connectivity index (χ3v) is 5.03. The Balaban J connectivity index is 1.94. The van der Waals surface area contributed by atoms with E-state index >= 15 is 0 Å².